The van der Waals surface area contributed by atoms with Crippen molar-refractivity contribution in [3.63, 3.8) is 0 Å². The molecule has 0 aliphatic heterocycles. The van der Waals surface area contributed by atoms with Gasteiger partial charge in [0.1, 0.15) is 13.2 Å². The summed E-state index contributed by atoms with van der Waals surface area (Å²) in [4.78, 5) is 23.2. The molecule has 0 bridgehead atoms. The molecule has 0 unspecified atom stereocenters. The molecule has 0 saturated heterocycles. The van der Waals surface area contributed by atoms with E-state index in [2.05, 4.69) is 65.8 Å². The molecule has 0 N–H and O–H groups in total. The van der Waals surface area contributed by atoms with Crippen molar-refractivity contribution < 1.29 is 19.1 Å². The Bertz CT molecular complexity index is 573. The van der Waals surface area contributed by atoms with E-state index >= 15 is 0 Å². The van der Waals surface area contributed by atoms with Crippen LogP contribution in [0.25, 0.3) is 0 Å². The Morgan fingerprint density at radius 1 is 0.500 bits per heavy atom. The minimum atomic E-state index is -0.429. The quantitative estimate of drug-likeness (QED) is 0.312. The Labute approximate surface area is 182 Å². The van der Waals surface area contributed by atoms with Gasteiger partial charge in [-0.25, -0.2) is 9.59 Å². The standard InChI is InChI=1S/C16H14O4.5C2H4/c17-15(13-7-3-1-4-8-13)19-11-12-20-16(18)14-9-5-2-6-10-14;5*1-2/h1-10H,11-12H2;5*1-2H2. The summed E-state index contributed by atoms with van der Waals surface area (Å²) < 4.78 is 10.00. The van der Waals surface area contributed by atoms with Gasteiger partial charge >= 0.3 is 11.9 Å². The van der Waals surface area contributed by atoms with Crippen LogP contribution in [-0.4, -0.2) is 25.2 Å². The maximum absolute atomic E-state index is 11.6. The third kappa shape index (κ3) is 17.5. The van der Waals surface area contributed by atoms with Crippen LogP contribution in [0.3, 0.4) is 0 Å². The molecular weight excluding hydrogens is 376 g/mol. The third-order valence-corrected chi connectivity index (χ3v) is 2.57. The molecule has 0 fully saturated rings. The highest BCUT2D eigenvalue weighted by Crippen LogP contribution is 2.02. The maximum Gasteiger partial charge on any atom is 0.338 e. The lowest BCUT2D eigenvalue weighted by Crippen LogP contribution is -2.14. The number of carbonyl (C=O) groups excluding carboxylic acids is 2. The van der Waals surface area contributed by atoms with E-state index in [1.807, 2.05) is 12.1 Å². The van der Waals surface area contributed by atoms with Gasteiger partial charge in [-0.1, -0.05) is 36.4 Å². The van der Waals surface area contributed by atoms with E-state index in [-0.39, 0.29) is 13.2 Å². The van der Waals surface area contributed by atoms with E-state index in [0.717, 1.165) is 0 Å². The molecular formula is C26H34O4. The molecule has 0 amide bonds. The lowest BCUT2D eigenvalue weighted by Gasteiger charge is -2.06. The van der Waals surface area contributed by atoms with Crippen molar-refractivity contribution in [2.45, 2.75) is 0 Å². The highest BCUT2D eigenvalue weighted by atomic mass is 16.6. The van der Waals surface area contributed by atoms with Crippen LogP contribution >= 0.6 is 0 Å². The molecule has 0 atom stereocenters. The predicted octanol–water partition coefficient (Wildman–Crippen LogP) is 6.71. The van der Waals surface area contributed by atoms with E-state index in [1.165, 1.54) is 0 Å². The summed E-state index contributed by atoms with van der Waals surface area (Å²) in [5.74, 6) is -0.859. The average Bonchev–Trinajstić information content (AvgIpc) is 2.88. The van der Waals surface area contributed by atoms with Crippen molar-refractivity contribution in [3.8, 4) is 0 Å². The smallest absolute Gasteiger partial charge is 0.338 e. The molecule has 2 aromatic carbocycles. The van der Waals surface area contributed by atoms with Crippen molar-refractivity contribution in [3.05, 3.63) is 138 Å². The fraction of sp³-hybridized carbons (Fsp3) is 0.0769. The molecule has 4 heteroatoms. The number of hydrogen-bond acceptors (Lipinski definition) is 4. The first-order chi connectivity index (χ1) is 14.8. The summed E-state index contributed by atoms with van der Waals surface area (Å²) in [6.45, 7) is 30.1. The van der Waals surface area contributed by atoms with Crippen LogP contribution in [0.2, 0.25) is 0 Å². The Morgan fingerprint density at radius 3 is 0.967 bits per heavy atom. The van der Waals surface area contributed by atoms with Crippen molar-refractivity contribution >= 4 is 11.9 Å². The number of benzene rings is 2. The van der Waals surface area contributed by atoms with Crippen LogP contribution in [-0.2, 0) is 9.47 Å². The van der Waals surface area contributed by atoms with E-state index in [9.17, 15) is 9.59 Å². The van der Waals surface area contributed by atoms with E-state index in [0.29, 0.717) is 11.1 Å². The lowest BCUT2D eigenvalue weighted by molar-refractivity contribution is 0.0265. The first-order valence-electron chi connectivity index (χ1n) is 8.72. The van der Waals surface area contributed by atoms with E-state index in [1.54, 1.807) is 48.5 Å². The zero-order chi connectivity index (χ0) is 24.2. The molecule has 2 rings (SSSR count). The maximum atomic E-state index is 11.6. The second-order valence-electron chi connectivity index (χ2n) is 4.00. The fourth-order valence-electron chi connectivity index (χ4n) is 1.58. The van der Waals surface area contributed by atoms with Crippen LogP contribution < -0.4 is 0 Å². The summed E-state index contributed by atoms with van der Waals surface area (Å²) in [5, 5.41) is 0. The average molecular weight is 411 g/mol. The molecule has 2 aromatic rings. The molecule has 0 aliphatic carbocycles. The van der Waals surface area contributed by atoms with Crippen LogP contribution in [0.1, 0.15) is 20.7 Å². The van der Waals surface area contributed by atoms with Gasteiger partial charge in [0.05, 0.1) is 11.1 Å². The summed E-state index contributed by atoms with van der Waals surface area (Å²) in [5.41, 5.74) is 0.948. The molecule has 0 aliphatic rings. The molecule has 0 aromatic heterocycles. The zero-order valence-corrected chi connectivity index (χ0v) is 17.9. The number of ether oxygens (including phenoxy) is 2. The minimum absolute atomic E-state index is 0.0340. The summed E-state index contributed by atoms with van der Waals surface area (Å²) >= 11 is 0. The van der Waals surface area contributed by atoms with Crippen molar-refractivity contribution in [2.75, 3.05) is 13.2 Å². The highest BCUT2D eigenvalue weighted by Gasteiger charge is 2.08. The van der Waals surface area contributed by atoms with E-state index < -0.39 is 11.9 Å². The Hall–Kier alpha value is -3.92. The number of carbonyl (C=O) groups is 2. The van der Waals surface area contributed by atoms with Crippen LogP contribution in [0.5, 0.6) is 0 Å². The topological polar surface area (TPSA) is 52.6 Å². The SMILES string of the molecule is C=C.C=C.C=C.C=C.C=C.O=C(OCCOC(=O)c1ccccc1)c1ccccc1. The number of esters is 2. The van der Waals surface area contributed by atoms with Crippen molar-refractivity contribution in [1.29, 1.82) is 0 Å². The summed E-state index contributed by atoms with van der Waals surface area (Å²) in [7, 11) is 0. The summed E-state index contributed by atoms with van der Waals surface area (Å²) in [6.07, 6.45) is 0. The van der Waals surface area contributed by atoms with Gasteiger partial charge < -0.3 is 9.47 Å². The molecule has 30 heavy (non-hydrogen) atoms. The highest BCUT2D eigenvalue weighted by molar-refractivity contribution is 5.90. The molecule has 0 radical (unpaired) electrons. The molecule has 0 saturated carbocycles. The first-order valence-corrected chi connectivity index (χ1v) is 8.72. The van der Waals surface area contributed by atoms with Gasteiger partial charge in [0.25, 0.3) is 0 Å². The lowest BCUT2D eigenvalue weighted by atomic mass is 10.2. The van der Waals surface area contributed by atoms with Gasteiger partial charge in [-0.2, -0.15) is 0 Å². The van der Waals surface area contributed by atoms with Gasteiger partial charge in [0, 0.05) is 0 Å². The van der Waals surface area contributed by atoms with Crippen molar-refractivity contribution in [2.24, 2.45) is 0 Å². The second-order valence-corrected chi connectivity index (χ2v) is 4.00. The Kier molecular flexibility index (Phi) is 33.5. The molecule has 0 spiro atoms. The van der Waals surface area contributed by atoms with Crippen LogP contribution in [0, 0.1) is 0 Å². The zero-order valence-electron chi connectivity index (χ0n) is 17.9. The third-order valence-electron chi connectivity index (χ3n) is 2.57. The molecule has 4 nitrogen and oxygen atoms in total. The van der Waals surface area contributed by atoms with Gasteiger partial charge in [-0.15, -0.1) is 65.8 Å². The second kappa shape index (κ2) is 29.8. The normalized spacial score (nSPS) is 7.20. The molecule has 0 heterocycles. The monoisotopic (exact) mass is 410 g/mol. The van der Waals surface area contributed by atoms with Crippen molar-refractivity contribution in [1.82, 2.24) is 0 Å². The first kappa shape index (κ1) is 33.6. The Balaban J connectivity index is -0.000000296. The number of rotatable bonds is 5. The number of hydrogen-bond donors (Lipinski definition) is 0. The van der Waals surface area contributed by atoms with Gasteiger partial charge in [-0.3, -0.25) is 0 Å². The summed E-state index contributed by atoms with van der Waals surface area (Å²) in [6, 6.07) is 17.3. The largest absolute Gasteiger partial charge is 0.458 e. The van der Waals surface area contributed by atoms with E-state index in [4.69, 9.17) is 9.47 Å². The predicted molar refractivity (Wildman–Crippen MR) is 130 cm³/mol. The van der Waals surface area contributed by atoms with Crippen LogP contribution in [0.4, 0.5) is 0 Å². The Morgan fingerprint density at radius 2 is 0.733 bits per heavy atom. The van der Waals surface area contributed by atoms with Gasteiger partial charge in [0.15, 0.2) is 0 Å². The van der Waals surface area contributed by atoms with Gasteiger partial charge in [0.2, 0.25) is 0 Å². The fourth-order valence-corrected chi connectivity index (χ4v) is 1.58. The van der Waals surface area contributed by atoms with Crippen LogP contribution in [0.15, 0.2) is 126 Å². The minimum Gasteiger partial charge on any atom is -0.458 e. The molecule has 162 valence electrons. The van der Waals surface area contributed by atoms with Gasteiger partial charge in [-0.05, 0) is 24.3 Å².